The van der Waals surface area contributed by atoms with Crippen LogP contribution in [0.15, 0.2) is 53.7 Å². The van der Waals surface area contributed by atoms with E-state index in [4.69, 9.17) is 4.84 Å². The van der Waals surface area contributed by atoms with E-state index in [1.54, 1.807) is 48.5 Å². The summed E-state index contributed by atoms with van der Waals surface area (Å²) in [6.45, 7) is 4.63. The first-order valence-electron chi connectivity index (χ1n) is 6.85. The molecule has 0 aliphatic heterocycles. The molecule has 4 heteroatoms. The average molecular weight is 285 g/mol. The van der Waals surface area contributed by atoms with E-state index in [0.717, 1.165) is 11.1 Å². The summed E-state index contributed by atoms with van der Waals surface area (Å²) in [7, 11) is 0. The maximum absolute atomic E-state index is 9.39. The molecule has 0 amide bonds. The SMILES string of the molecule is CC(C)CON=C(c1ccc(O)cc1)c1ccc(O)cc1. The number of oxime groups is 1. The monoisotopic (exact) mass is 285 g/mol. The molecule has 0 heterocycles. The highest BCUT2D eigenvalue weighted by atomic mass is 16.6. The summed E-state index contributed by atoms with van der Waals surface area (Å²) >= 11 is 0. The molecular formula is C17H19NO3. The van der Waals surface area contributed by atoms with Crippen molar-refractivity contribution < 1.29 is 15.1 Å². The molecule has 110 valence electrons. The highest BCUT2D eigenvalue weighted by molar-refractivity contribution is 6.12. The Labute approximate surface area is 124 Å². The molecule has 21 heavy (non-hydrogen) atoms. The summed E-state index contributed by atoms with van der Waals surface area (Å²) in [6.07, 6.45) is 0. The summed E-state index contributed by atoms with van der Waals surface area (Å²) in [5, 5.41) is 23.0. The first-order chi connectivity index (χ1) is 10.1. The van der Waals surface area contributed by atoms with E-state index < -0.39 is 0 Å². The van der Waals surface area contributed by atoms with Gasteiger partial charge in [-0.15, -0.1) is 0 Å². The Morgan fingerprint density at radius 2 is 1.33 bits per heavy atom. The van der Waals surface area contributed by atoms with Crippen molar-refractivity contribution in [2.24, 2.45) is 11.1 Å². The summed E-state index contributed by atoms with van der Waals surface area (Å²) in [5.74, 6) is 0.786. The zero-order chi connectivity index (χ0) is 15.2. The van der Waals surface area contributed by atoms with Gasteiger partial charge in [-0.05, 0) is 54.4 Å². The number of benzene rings is 2. The maximum atomic E-state index is 9.39. The molecule has 0 unspecified atom stereocenters. The van der Waals surface area contributed by atoms with Gasteiger partial charge in [0.2, 0.25) is 0 Å². The number of nitrogens with zero attached hydrogens (tertiary/aromatic N) is 1. The van der Waals surface area contributed by atoms with E-state index in [0.29, 0.717) is 18.2 Å². The second-order valence-corrected chi connectivity index (χ2v) is 5.22. The zero-order valence-electron chi connectivity index (χ0n) is 12.2. The van der Waals surface area contributed by atoms with Gasteiger partial charge in [0, 0.05) is 11.1 Å². The van der Waals surface area contributed by atoms with Crippen molar-refractivity contribution in [1.29, 1.82) is 0 Å². The van der Waals surface area contributed by atoms with E-state index in [2.05, 4.69) is 19.0 Å². The molecule has 0 fully saturated rings. The van der Waals surface area contributed by atoms with Crippen molar-refractivity contribution >= 4 is 5.71 Å². The fraction of sp³-hybridized carbons (Fsp3) is 0.235. The third-order valence-electron chi connectivity index (χ3n) is 2.85. The number of phenols is 2. The third-order valence-corrected chi connectivity index (χ3v) is 2.85. The topological polar surface area (TPSA) is 62.0 Å². The van der Waals surface area contributed by atoms with Gasteiger partial charge in [0.15, 0.2) is 0 Å². The molecular weight excluding hydrogens is 266 g/mol. The van der Waals surface area contributed by atoms with Crippen LogP contribution in [0, 0.1) is 5.92 Å². The van der Waals surface area contributed by atoms with Crippen LogP contribution < -0.4 is 0 Å². The molecule has 0 atom stereocenters. The Hall–Kier alpha value is -2.49. The minimum Gasteiger partial charge on any atom is -0.508 e. The summed E-state index contributed by atoms with van der Waals surface area (Å²) < 4.78 is 0. The summed E-state index contributed by atoms with van der Waals surface area (Å²) in [4.78, 5) is 5.39. The fourth-order valence-corrected chi connectivity index (χ4v) is 1.76. The Morgan fingerprint density at radius 3 is 1.71 bits per heavy atom. The lowest BCUT2D eigenvalue weighted by atomic mass is 10.0. The standard InChI is InChI=1S/C17H19NO3/c1-12(2)11-21-18-17(13-3-7-15(19)8-4-13)14-5-9-16(20)10-6-14/h3-10,12,19-20H,11H2,1-2H3. The third kappa shape index (κ3) is 4.24. The molecule has 0 aliphatic carbocycles. The van der Waals surface area contributed by atoms with E-state index in [-0.39, 0.29) is 11.5 Å². The molecule has 4 nitrogen and oxygen atoms in total. The molecule has 2 aromatic carbocycles. The Kier molecular flexibility index (Phi) is 4.82. The number of rotatable bonds is 5. The minimum absolute atomic E-state index is 0.201. The lowest BCUT2D eigenvalue weighted by Crippen LogP contribution is -2.06. The van der Waals surface area contributed by atoms with Crippen LogP contribution in [0.4, 0.5) is 0 Å². The fourth-order valence-electron chi connectivity index (χ4n) is 1.76. The van der Waals surface area contributed by atoms with Gasteiger partial charge in [0.05, 0.1) is 0 Å². The normalized spacial score (nSPS) is 10.4. The molecule has 2 N–H and O–H groups in total. The van der Waals surface area contributed by atoms with Crippen LogP contribution in [0.3, 0.4) is 0 Å². The number of hydrogen-bond acceptors (Lipinski definition) is 4. The number of aromatic hydroxyl groups is 2. The van der Waals surface area contributed by atoms with E-state index in [1.165, 1.54) is 0 Å². The van der Waals surface area contributed by atoms with Crippen molar-refractivity contribution in [2.45, 2.75) is 13.8 Å². The van der Waals surface area contributed by atoms with Crippen molar-refractivity contribution in [1.82, 2.24) is 0 Å². The number of hydrogen-bond donors (Lipinski definition) is 2. The van der Waals surface area contributed by atoms with Gasteiger partial charge < -0.3 is 15.1 Å². The van der Waals surface area contributed by atoms with Crippen molar-refractivity contribution in [3.05, 3.63) is 59.7 Å². The Balaban J connectivity index is 2.34. The van der Waals surface area contributed by atoms with E-state index in [1.807, 2.05) is 0 Å². The lowest BCUT2D eigenvalue weighted by Gasteiger charge is -2.09. The van der Waals surface area contributed by atoms with Crippen LogP contribution >= 0.6 is 0 Å². The molecule has 2 rings (SSSR count). The van der Waals surface area contributed by atoms with E-state index in [9.17, 15) is 10.2 Å². The Bertz CT molecular complexity index is 553. The Morgan fingerprint density at radius 1 is 0.905 bits per heavy atom. The average Bonchev–Trinajstić information content (AvgIpc) is 2.46. The molecule has 0 spiro atoms. The van der Waals surface area contributed by atoms with Gasteiger partial charge in [-0.3, -0.25) is 0 Å². The second-order valence-electron chi connectivity index (χ2n) is 5.22. The van der Waals surface area contributed by atoms with E-state index >= 15 is 0 Å². The predicted molar refractivity (Wildman–Crippen MR) is 82.6 cm³/mol. The van der Waals surface area contributed by atoms with Crippen LogP contribution in [-0.4, -0.2) is 22.5 Å². The molecule has 0 bridgehead atoms. The van der Waals surface area contributed by atoms with Crippen LogP contribution in [0.2, 0.25) is 0 Å². The van der Waals surface area contributed by atoms with Gasteiger partial charge in [-0.2, -0.15) is 0 Å². The van der Waals surface area contributed by atoms with Gasteiger partial charge in [0.1, 0.15) is 23.8 Å². The molecule has 0 saturated carbocycles. The van der Waals surface area contributed by atoms with Gasteiger partial charge in [-0.25, -0.2) is 0 Å². The molecule has 0 aromatic heterocycles. The summed E-state index contributed by atoms with van der Waals surface area (Å²) in [6, 6.07) is 13.5. The smallest absolute Gasteiger partial charge is 0.119 e. The quantitative estimate of drug-likeness (QED) is 0.652. The molecule has 0 radical (unpaired) electrons. The van der Waals surface area contributed by atoms with Crippen LogP contribution in [0.5, 0.6) is 11.5 Å². The van der Waals surface area contributed by atoms with Crippen LogP contribution in [0.1, 0.15) is 25.0 Å². The van der Waals surface area contributed by atoms with Crippen molar-refractivity contribution in [3.63, 3.8) is 0 Å². The molecule has 0 saturated heterocycles. The molecule has 2 aromatic rings. The summed E-state index contributed by atoms with van der Waals surface area (Å²) in [5.41, 5.74) is 2.33. The van der Waals surface area contributed by atoms with Gasteiger partial charge in [0.25, 0.3) is 0 Å². The van der Waals surface area contributed by atoms with Crippen LogP contribution in [-0.2, 0) is 4.84 Å². The first kappa shape index (κ1) is 14.9. The largest absolute Gasteiger partial charge is 0.508 e. The number of phenolic OH excluding ortho intramolecular Hbond substituents is 2. The maximum Gasteiger partial charge on any atom is 0.119 e. The minimum atomic E-state index is 0.201. The van der Waals surface area contributed by atoms with Crippen molar-refractivity contribution in [2.75, 3.05) is 6.61 Å². The highest BCUT2D eigenvalue weighted by Gasteiger charge is 2.09. The van der Waals surface area contributed by atoms with Crippen LogP contribution in [0.25, 0.3) is 0 Å². The predicted octanol–water partition coefficient (Wildman–Crippen LogP) is 3.52. The highest BCUT2D eigenvalue weighted by Crippen LogP contribution is 2.17. The van der Waals surface area contributed by atoms with Gasteiger partial charge >= 0.3 is 0 Å². The zero-order valence-corrected chi connectivity index (χ0v) is 12.2. The van der Waals surface area contributed by atoms with Crippen molar-refractivity contribution in [3.8, 4) is 11.5 Å². The second kappa shape index (κ2) is 6.79. The molecule has 0 aliphatic rings. The first-order valence-corrected chi connectivity index (χ1v) is 6.85. The lowest BCUT2D eigenvalue weighted by molar-refractivity contribution is 0.118. The van der Waals surface area contributed by atoms with Gasteiger partial charge in [-0.1, -0.05) is 19.0 Å².